The van der Waals surface area contributed by atoms with Gasteiger partial charge in [0.2, 0.25) is 0 Å². The zero-order valence-electron chi connectivity index (χ0n) is 10.8. The van der Waals surface area contributed by atoms with Crippen molar-refractivity contribution in [2.75, 3.05) is 18.1 Å². The summed E-state index contributed by atoms with van der Waals surface area (Å²) in [6.45, 7) is 1.60. The standard InChI is InChI=1S/C15H17ClN2O/c16-12-5-6-13(11(9-12)10-17)18-7-8-19-15-4-2-1-3-14(15)18/h5-6,9,14-15H,1-4,7-8H2. The minimum Gasteiger partial charge on any atom is -0.374 e. The van der Waals surface area contributed by atoms with Crippen LogP contribution in [0.1, 0.15) is 31.2 Å². The van der Waals surface area contributed by atoms with Crippen LogP contribution in [0.15, 0.2) is 18.2 Å². The van der Waals surface area contributed by atoms with Crippen LogP contribution in [0.25, 0.3) is 0 Å². The molecule has 0 aromatic heterocycles. The van der Waals surface area contributed by atoms with Crippen LogP contribution in [0.4, 0.5) is 5.69 Å². The molecular weight excluding hydrogens is 260 g/mol. The molecule has 1 aliphatic heterocycles. The summed E-state index contributed by atoms with van der Waals surface area (Å²) < 4.78 is 5.88. The normalized spacial score (nSPS) is 26.6. The number of halogens is 1. The highest BCUT2D eigenvalue weighted by Crippen LogP contribution is 2.34. The Morgan fingerprint density at radius 3 is 3.00 bits per heavy atom. The van der Waals surface area contributed by atoms with Crippen LogP contribution in [0.5, 0.6) is 0 Å². The van der Waals surface area contributed by atoms with Crippen LogP contribution >= 0.6 is 11.6 Å². The van der Waals surface area contributed by atoms with Gasteiger partial charge < -0.3 is 9.64 Å². The molecule has 1 heterocycles. The van der Waals surface area contributed by atoms with Gasteiger partial charge in [-0.1, -0.05) is 24.4 Å². The lowest BCUT2D eigenvalue weighted by Gasteiger charge is -2.45. The number of hydrogen-bond acceptors (Lipinski definition) is 3. The van der Waals surface area contributed by atoms with E-state index in [1.165, 1.54) is 12.8 Å². The smallest absolute Gasteiger partial charge is 0.101 e. The maximum absolute atomic E-state index is 9.30. The topological polar surface area (TPSA) is 36.3 Å². The van der Waals surface area contributed by atoms with Crippen molar-refractivity contribution in [3.05, 3.63) is 28.8 Å². The Morgan fingerprint density at radius 2 is 2.16 bits per heavy atom. The van der Waals surface area contributed by atoms with Gasteiger partial charge in [0.15, 0.2) is 0 Å². The molecule has 1 aliphatic carbocycles. The summed E-state index contributed by atoms with van der Waals surface area (Å²) in [4.78, 5) is 2.35. The van der Waals surface area contributed by atoms with E-state index in [-0.39, 0.29) is 0 Å². The van der Waals surface area contributed by atoms with Gasteiger partial charge in [0.1, 0.15) is 6.07 Å². The fourth-order valence-electron chi connectivity index (χ4n) is 3.24. The molecule has 2 aliphatic rings. The van der Waals surface area contributed by atoms with E-state index in [1.807, 2.05) is 12.1 Å². The van der Waals surface area contributed by atoms with Crippen molar-refractivity contribution in [2.45, 2.75) is 37.8 Å². The first-order chi connectivity index (χ1) is 9.29. The average Bonchev–Trinajstić information content (AvgIpc) is 2.46. The molecule has 2 unspecified atom stereocenters. The first kappa shape index (κ1) is 12.8. The van der Waals surface area contributed by atoms with Gasteiger partial charge in [-0.25, -0.2) is 0 Å². The number of hydrogen-bond donors (Lipinski definition) is 0. The van der Waals surface area contributed by atoms with E-state index < -0.39 is 0 Å². The molecule has 19 heavy (non-hydrogen) atoms. The third-order valence-corrected chi connectivity index (χ3v) is 4.36. The van der Waals surface area contributed by atoms with Gasteiger partial charge >= 0.3 is 0 Å². The summed E-state index contributed by atoms with van der Waals surface area (Å²) in [5.74, 6) is 0. The van der Waals surface area contributed by atoms with E-state index in [9.17, 15) is 5.26 Å². The Labute approximate surface area is 118 Å². The number of morpholine rings is 1. The molecule has 1 aromatic carbocycles. The summed E-state index contributed by atoms with van der Waals surface area (Å²) >= 11 is 5.98. The molecule has 1 saturated heterocycles. The van der Waals surface area contributed by atoms with Crippen molar-refractivity contribution < 1.29 is 4.74 Å². The molecule has 0 spiro atoms. The van der Waals surface area contributed by atoms with E-state index in [0.717, 1.165) is 31.7 Å². The van der Waals surface area contributed by atoms with E-state index >= 15 is 0 Å². The second-order valence-electron chi connectivity index (χ2n) is 5.23. The van der Waals surface area contributed by atoms with E-state index in [2.05, 4.69) is 11.0 Å². The van der Waals surface area contributed by atoms with Gasteiger partial charge in [0, 0.05) is 11.6 Å². The molecule has 0 bridgehead atoms. The van der Waals surface area contributed by atoms with Gasteiger partial charge in [-0.05, 0) is 31.0 Å². The van der Waals surface area contributed by atoms with Gasteiger partial charge in [0.05, 0.1) is 30.0 Å². The SMILES string of the molecule is N#Cc1cc(Cl)ccc1N1CCOC2CCCCC21. The molecule has 3 rings (SSSR count). The molecule has 3 nitrogen and oxygen atoms in total. The van der Waals surface area contributed by atoms with Crippen LogP contribution in [0.3, 0.4) is 0 Å². The largest absolute Gasteiger partial charge is 0.374 e. The van der Waals surface area contributed by atoms with Crippen LogP contribution in [0.2, 0.25) is 5.02 Å². The summed E-state index contributed by atoms with van der Waals surface area (Å²) in [5.41, 5.74) is 1.67. The zero-order chi connectivity index (χ0) is 13.2. The second-order valence-corrected chi connectivity index (χ2v) is 5.66. The van der Waals surface area contributed by atoms with Crippen molar-refractivity contribution in [1.29, 1.82) is 5.26 Å². The summed E-state index contributed by atoms with van der Waals surface area (Å²) in [5, 5.41) is 9.92. The second kappa shape index (κ2) is 5.40. The van der Waals surface area contributed by atoms with Crippen LogP contribution < -0.4 is 4.90 Å². The molecule has 0 radical (unpaired) electrons. The first-order valence-electron chi connectivity index (χ1n) is 6.87. The van der Waals surface area contributed by atoms with Crippen molar-refractivity contribution in [3.8, 4) is 6.07 Å². The Kier molecular flexibility index (Phi) is 3.63. The minimum absolute atomic E-state index is 0.324. The van der Waals surface area contributed by atoms with Crippen LogP contribution in [-0.4, -0.2) is 25.3 Å². The highest BCUT2D eigenvalue weighted by atomic mass is 35.5. The fraction of sp³-hybridized carbons (Fsp3) is 0.533. The fourth-order valence-corrected chi connectivity index (χ4v) is 3.42. The van der Waals surface area contributed by atoms with E-state index in [4.69, 9.17) is 16.3 Å². The molecule has 1 aromatic rings. The highest BCUT2D eigenvalue weighted by molar-refractivity contribution is 6.30. The minimum atomic E-state index is 0.324. The third-order valence-electron chi connectivity index (χ3n) is 4.12. The number of ether oxygens (including phenoxy) is 1. The maximum atomic E-state index is 9.30. The molecule has 1 saturated carbocycles. The van der Waals surface area contributed by atoms with Crippen molar-refractivity contribution in [2.24, 2.45) is 0 Å². The lowest BCUT2D eigenvalue weighted by molar-refractivity contribution is -0.00869. The Bertz CT molecular complexity index is 509. The lowest BCUT2D eigenvalue weighted by atomic mass is 9.89. The van der Waals surface area contributed by atoms with Gasteiger partial charge in [-0.3, -0.25) is 0 Å². The van der Waals surface area contributed by atoms with Crippen LogP contribution in [0, 0.1) is 11.3 Å². The molecule has 2 atom stereocenters. The summed E-state index contributed by atoms with van der Waals surface area (Å²) in [7, 11) is 0. The number of rotatable bonds is 1. The molecule has 100 valence electrons. The Balaban J connectivity index is 1.94. The molecule has 2 fully saturated rings. The van der Waals surface area contributed by atoms with Gasteiger partial charge in [-0.2, -0.15) is 5.26 Å². The Hall–Kier alpha value is -1.24. The number of anilines is 1. The highest BCUT2D eigenvalue weighted by Gasteiger charge is 2.35. The summed E-state index contributed by atoms with van der Waals surface area (Å²) in [6, 6.07) is 8.27. The van der Waals surface area contributed by atoms with Crippen molar-refractivity contribution >= 4 is 17.3 Å². The zero-order valence-corrected chi connectivity index (χ0v) is 11.6. The summed E-state index contributed by atoms with van der Waals surface area (Å²) in [6.07, 6.45) is 5.11. The lowest BCUT2D eigenvalue weighted by Crippen LogP contribution is -2.53. The number of benzene rings is 1. The third kappa shape index (κ3) is 2.43. The van der Waals surface area contributed by atoms with Crippen LogP contribution in [-0.2, 0) is 4.74 Å². The predicted molar refractivity (Wildman–Crippen MR) is 75.5 cm³/mol. The average molecular weight is 277 g/mol. The number of nitrogens with zero attached hydrogens (tertiary/aromatic N) is 2. The molecule has 0 N–H and O–H groups in total. The van der Waals surface area contributed by atoms with Gasteiger partial charge in [-0.15, -0.1) is 0 Å². The quantitative estimate of drug-likeness (QED) is 0.789. The van der Waals surface area contributed by atoms with Crippen molar-refractivity contribution in [1.82, 2.24) is 0 Å². The molecular formula is C15H17ClN2O. The van der Waals surface area contributed by atoms with Gasteiger partial charge in [0.25, 0.3) is 0 Å². The predicted octanol–water partition coefficient (Wildman–Crippen LogP) is 3.36. The van der Waals surface area contributed by atoms with E-state index in [0.29, 0.717) is 22.7 Å². The maximum Gasteiger partial charge on any atom is 0.101 e. The Morgan fingerprint density at radius 1 is 1.32 bits per heavy atom. The number of nitriles is 1. The monoisotopic (exact) mass is 276 g/mol. The van der Waals surface area contributed by atoms with E-state index in [1.54, 1.807) is 6.07 Å². The first-order valence-corrected chi connectivity index (χ1v) is 7.25. The number of fused-ring (bicyclic) bond motifs is 1. The van der Waals surface area contributed by atoms with Crippen molar-refractivity contribution in [3.63, 3.8) is 0 Å². The molecule has 4 heteroatoms. The molecule has 0 amide bonds.